The predicted molar refractivity (Wildman–Crippen MR) is 93.2 cm³/mol. The average Bonchev–Trinajstić information content (AvgIpc) is 2.57. The summed E-state index contributed by atoms with van der Waals surface area (Å²) in [5, 5.41) is 21.1. The number of hydrogen-bond acceptors (Lipinski definition) is 3. The van der Waals surface area contributed by atoms with E-state index in [4.69, 9.17) is 5.26 Å². The Morgan fingerprint density at radius 2 is 2.12 bits per heavy atom. The Kier molecular flexibility index (Phi) is 5.97. The Morgan fingerprint density at radius 3 is 2.79 bits per heavy atom. The topological polar surface area (TPSA) is 73.1 Å². The zero-order chi connectivity index (χ0) is 17.5. The molecule has 24 heavy (non-hydrogen) atoms. The van der Waals surface area contributed by atoms with Crippen LogP contribution in [0.5, 0.6) is 5.75 Å². The first-order valence-electron chi connectivity index (χ1n) is 7.97. The molecule has 1 amide bonds. The molecule has 1 unspecified atom stereocenters. The maximum atomic E-state index is 12.6. The van der Waals surface area contributed by atoms with Gasteiger partial charge in [-0.25, -0.2) is 0 Å². The van der Waals surface area contributed by atoms with E-state index < -0.39 is 0 Å². The van der Waals surface area contributed by atoms with Crippen LogP contribution < -0.4 is 5.32 Å². The van der Waals surface area contributed by atoms with Crippen molar-refractivity contribution in [1.82, 2.24) is 5.32 Å². The van der Waals surface area contributed by atoms with Crippen molar-refractivity contribution in [2.75, 3.05) is 6.54 Å². The summed E-state index contributed by atoms with van der Waals surface area (Å²) in [5.74, 6) is -0.0375. The van der Waals surface area contributed by atoms with Gasteiger partial charge in [-0.05, 0) is 47.2 Å². The summed E-state index contributed by atoms with van der Waals surface area (Å²) in [7, 11) is 0. The molecule has 2 aromatic rings. The van der Waals surface area contributed by atoms with Gasteiger partial charge in [-0.2, -0.15) is 5.26 Å². The minimum absolute atomic E-state index is 0.00850. The highest BCUT2D eigenvalue weighted by Gasteiger charge is 2.24. The summed E-state index contributed by atoms with van der Waals surface area (Å²) in [6, 6.07) is 17.6. The van der Waals surface area contributed by atoms with Gasteiger partial charge >= 0.3 is 0 Å². The summed E-state index contributed by atoms with van der Waals surface area (Å²) in [4.78, 5) is 12.6. The number of carbonyl (C=O) groups excluding carboxylic acids is 1. The standard InChI is InChI=1S/C20H21N2O2/c1-14(2)12-19(20(24)22-11-10-21)18-9-4-3-8-17(18)15-6-5-7-16(23)13-15/h3-7,9,13-14,19,23H,11-12H2,1-2H3,(H,22,24). The first-order chi connectivity index (χ1) is 11.5. The highest BCUT2D eigenvalue weighted by atomic mass is 16.3. The highest BCUT2D eigenvalue weighted by molar-refractivity contribution is 5.86. The van der Waals surface area contributed by atoms with Crippen LogP contribution >= 0.6 is 0 Å². The minimum atomic E-state index is -0.367. The van der Waals surface area contributed by atoms with E-state index in [2.05, 4.69) is 25.2 Å². The molecular weight excluding hydrogens is 300 g/mol. The number of phenolic OH excluding ortho intramolecular Hbond substituents is 1. The van der Waals surface area contributed by atoms with E-state index in [9.17, 15) is 9.90 Å². The van der Waals surface area contributed by atoms with Gasteiger partial charge in [0.1, 0.15) is 12.3 Å². The van der Waals surface area contributed by atoms with Gasteiger partial charge in [0.15, 0.2) is 0 Å². The lowest BCUT2D eigenvalue weighted by Crippen LogP contribution is -2.30. The molecule has 0 aromatic heterocycles. The monoisotopic (exact) mass is 321 g/mol. The summed E-state index contributed by atoms with van der Waals surface area (Å²) >= 11 is 0. The Labute approximate surface area is 142 Å². The van der Waals surface area contributed by atoms with E-state index in [0.717, 1.165) is 16.7 Å². The lowest BCUT2D eigenvalue weighted by Gasteiger charge is -2.21. The van der Waals surface area contributed by atoms with Crippen molar-refractivity contribution < 1.29 is 9.90 Å². The highest BCUT2D eigenvalue weighted by Crippen LogP contribution is 2.34. The van der Waals surface area contributed by atoms with Crippen LogP contribution in [0.3, 0.4) is 0 Å². The fourth-order valence-electron chi connectivity index (χ4n) is 2.75. The number of carbonyl (C=O) groups is 1. The molecule has 2 rings (SSSR count). The Balaban J connectivity index is 2.46. The third-order valence-corrected chi connectivity index (χ3v) is 3.76. The van der Waals surface area contributed by atoms with Crippen LogP contribution in [0.4, 0.5) is 0 Å². The smallest absolute Gasteiger partial charge is 0.228 e. The van der Waals surface area contributed by atoms with Crippen molar-refractivity contribution in [2.45, 2.75) is 26.2 Å². The number of rotatable bonds is 6. The largest absolute Gasteiger partial charge is 0.508 e. The molecule has 4 heteroatoms. The van der Waals surface area contributed by atoms with E-state index in [-0.39, 0.29) is 24.1 Å². The van der Waals surface area contributed by atoms with E-state index in [0.29, 0.717) is 12.3 Å². The third kappa shape index (κ3) is 4.36. The Hall–Kier alpha value is -2.80. The van der Waals surface area contributed by atoms with Crippen molar-refractivity contribution in [2.24, 2.45) is 5.92 Å². The molecule has 0 bridgehead atoms. The average molecular weight is 321 g/mol. The molecule has 123 valence electrons. The van der Waals surface area contributed by atoms with E-state index in [1.54, 1.807) is 24.3 Å². The van der Waals surface area contributed by atoms with Crippen LogP contribution in [0, 0.1) is 23.3 Å². The third-order valence-electron chi connectivity index (χ3n) is 3.76. The van der Waals surface area contributed by atoms with Gasteiger partial charge in [0, 0.05) is 0 Å². The zero-order valence-corrected chi connectivity index (χ0v) is 13.9. The molecule has 0 spiro atoms. The number of amides is 1. The van der Waals surface area contributed by atoms with Gasteiger partial charge in [-0.3, -0.25) is 4.79 Å². The Bertz CT molecular complexity index is 747. The molecule has 2 aromatic carbocycles. The number of nitrogens with zero attached hydrogens (tertiary/aromatic N) is 1. The molecule has 0 aliphatic carbocycles. The van der Waals surface area contributed by atoms with E-state index in [1.165, 1.54) is 0 Å². The Morgan fingerprint density at radius 1 is 1.33 bits per heavy atom. The molecule has 2 N–H and O–H groups in total. The molecule has 1 atom stereocenters. The van der Waals surface area contributed by atoms with Crippen molar-refractivity contribution in [3.05, 3.63) is 54.1 Å². The predicted octanol–water partition coefficient (Wildman–Crippen LogP) is 3.63. The quantitative estimate of drug-likeness (QED) is 0.798. The van der Waals surface area contributed by atoms with Crippen molar-refractivity contribution >= 4 is 5.91 Å². The fraction of sp³-hybridized carbons (Fsp3) is 0.300. The second kappa shape index (κ2) is 8.16. The molecule has 0 saturated heterocycles. The van der Waals surface area contributed by atoms with Gasteiger partial charge in [0.2, 0.25) is 5.91 Å². The number of phenols is 1. The molecule has 0 heterocycles. The lowest BCUT2D eigenvalue weighted by atomic mass is 9.84. The van der Waals surface area contributed by atoms with Gasteiger partial charge in [-0.15, -0.1) is 0 Å². The maximum Gasteiger partial charge on any atom is 0.228 e. The molecule has 0 fully saturated rings. The van der Waals surface area contributed by atoms with Crippen molar-refractivity contribution in [3.8, 4) is 22.9 Å². The van der Waals surface area contributed by atoms with Crippen molar-refractivity contribution in [1.29, 1.82) is 5.26 Å². The first-order valence-corrected chi connectivity index (χ1v) is 7.97. The molecular formula is C20H21N2O2. The van der Waals surface area contributed by atoms with Crippen LogP contribution in [0.15, 0.2) is 42.5 Å². The van der Waals surface area contributed by atoms with Crippen LogP contribution in [-0.4, -0.2) is 17.6 Å². The second-order valence-electron chi connectivity index (χ2n) is 6.11. The SMILES string of the molecule is CC(C)CC(C(=O)NCC#N)c1ccc[c]c1-c1cccc(O)c1. The number of nitriles is 1. The first kappa shape index (κ1) is 17.6. The van der Waals surface area contributed by atoms with E-state index >= 15 is 0 Å². The van der Waals surface area contributed by atoms with E-state index in [1.807, 2.05) is 24.3 Å². The molecule has 0 saturated carbocycles. The van der Waals surface area contributed by atoms with Gasteiger partial charge < -0.3 is 10.4 Å². The summed E-state index contributed by atoms with van der Waals surface area (Å²) in [5.41, 5.74) is 2.46. The fourth-order valence-corrected chi connectivity index (χ4v) is 2.75. The zero-order valence-electron chi connectivity index (χ0n) is 13.9. The molecule has 0 aliphatic rings. The van der Waals surface area contributed by atoms with Gasteiger partial charge in [0.25, 0.3) is 0 Å². The van der Waals surface area contributed by atoms with Crippen LogP contribution in [-0.2, 0) is 4.79 Å². The molecule has 0 aliphatic heterocycles. The van der Waals surface area contributed by atoms with Gasteiger partial charge in [-0.1, -0.05) is 44.2 Å². The van der Waals surface area contributed by atoms with Crippen LogP contribution in [0.1, 0.15) is 31.7 Å². The number of nitrogens with one attached hydrogen (secondary N) is 1. The van der Waals surface area contributed by atoms with Crippen LogP contribution in [0.25, 0.3) is 11.1 Å². The number of aromatic hydroxyl groups is 1. The number of benzene rings is 2. The van der Waals surface area contributed by atoms with Crippen molar-refractivity contribution in [3.63, 3.8) is 0 Å². The maximum absolute atomic E-state index is 12.6. The second-order valence-corrected chi connectivity index (χ2v) is 6.11. The molecule has 1 radical (unpaired) electrons. The van der Waals surface area contributed by atoms with Crippen LogP contribution in [0.2, 0.25) is 0 Å². The normalized spacial score (nSPS) is 11.8. The molecule has 4 nitrogen and oxygen atoms in total. The summed E-state index contributed by atoms with van der Waals surface area (Å²) in [6.07, 6.45) is 0.668. The number of hydrogen-bond donors (Lipinski definition) is 2. The lowest BCUT2D eigenvalue weighted by molar-refractivity contribution is -0.122. The summed E-state index contributed by atoms with van der Waals surface area (Å²) in [6.45, 7) is 4.11. The minimum Gasteiger partial charge on any atom is -0.508 e. The summed E-state index contributed by atoms with van der Waals surface area (Å²) < 4.78 is 0. The van der Waals surface area contributed by atoms with Gasteiger partial charge in [0.05, 0.1) is 12.0 Å².